The first-order valence-electron chi connectivity index (χ1n) is 5.10. The van der Waals surface area contributed by atoms with E-state index in [1.54, 1.807) is 19.3 Å². The Labute approximate surface area is 94.1 Å². The molecule has 0 aliphatic carbocycles. The summed E-state index contributed by atoms with van der Waals surface area (Å²) in [6, 6.07) is 1.57. The molecule has 0 amide bonds. The number of hydrogen-bond acceptors (Lipinski definition) is 4. The van der Waals surface area contributed by atoms with E-state index >= 15 is 0 Å². The molecule has 0 aliphatic heterocycles. The molecule has 0 atom stereocenters. The number of anilines is 1. The highest BCUT2D eigenvalue weighted by molar-refractivity contribution is 7.99. The minimum Gasteiger partial charge on any atom is -0.387 e. The van der Waals surface area contributed by atoms with Crippen LogP contribution in [0.2, 0.25) is 0 Å². The standard InChI is InChI=1S/C10H17N3OS/c1-3-15-6-4-5-13-10(14)7-9(11-2)8-12-13/h7-8,11H,3-6H2,1-2H3. The van der Waals surface area contributed by atoms with Gasteiger partial charge in [-0.2, -0.15) is 16.9 Å². The minimum atomic E-state index is -0.0386. The third-order valence-electron chi connectivity index (χ3n) is 2.02. The fraction of sp³-hybridized carbons (Fsp3) is 0.600. The number of nitrogens with zero attached hydrogens (tertiary/aromatic N) is 2. The predicted molar refractivity (Wildman–Crippen MR) is 65.7 cm³/mol. The van der Waals surface area contributed by atoms with Crippen LogP contribution in [0, 0.1) is 0 Å². The van der Waals surface area contributed by atoms with Gasteiger partial charge in [-0.25, -0.2) is 4.68 Å². The molecule has 0 unspecified atom stereocenters. The zero-order valence-corrected chi connectivity index (χ0v) is 10.0. The number of hydrogen-bond donors (Lipinski definition) is 1. The summed E-state index contributed by atoms with van der Waals surface area (Å²) >= 11 is 1.89. The maximum Gasteiger partial charge on any atom is 0.268 e. The quantitative estimate of drug-likeness (QED) is 0.747. The molecular formula is C10H17N3OS. The molecule has 15 heavy (non-hydrogen) atoms. The molecule has 1 aromatic heterocycles. The Hall–Kier alpha value is -0.970. The number of thioether (sulfide) groups is 1. The molecule has 0 fully saturated rings. The van der Waals surface area contributed by atoms with Gasteiger partial charge < -0.3 is 5.32 Å². The van der Waals surface area contributed by atoms with Crippen LogP contribution in [0.5, 0.6) is 0 Å². The van der Waals surface area contributed by atoms with Gasteiger partial charge in [0.25, 0.3) is 5.56 Å². The molecule has 84 valence electrons. The fourth-order valence-corrected chi connectivity index (χ4v) is 1.82. The van der Waals surface area contributed by atoms with Crippen molar-refractivity contribution in [3.8, 4) is 0 Å². The highest BCUT2D eigenvalue weighted by Crippen LogP contribution is 2.02. The summed E-state index contributed by atoms with van der Waals surface area (Å²) in [4.78, 5) is 11.5. The van der Waals surface area contributed by atoms with Gasteiger partial charge in [0.05, 0.1) is 11.9 Å². The maximum absolute atomic E-state index is 11.5. The number of nitrogens with one attached hydrogen (secondary N) is 1. The van der Waals surface area contributed by atoms with Crippen LogP contribution in [0.1, 0.15) is 13.3 Å². The molecule has 1 rings (SSSR count). The molecule has 0 radical (unpaired) electrons. The Bertz CT molecular complexity index is 351. The van der Waals surface area contributed by atoms with Crippen LogP contribution in [-0.4, -0.2) is 28.3 Å². The first-order chi connectivity index (χ1) is 7.27. The Balaban J connectivity index is 2.51. The van der Waals surface area contributed by atoms with Crippen LogP contribution in [0.4, 0.5) is 5.69 Å². The van der Waals surface area contributed by atoms with Gasteiger partial charge in [-0.15, -0.1) is 0 Å². The van der Waals surface area contributed by atoms with Crippen LogP contribution in [0.3, 0.4) is 0 Å². The normalized spacial score (nSPS) is 10.3. The van der Waals surface area contributed by atoms with E-state index in [2.05, 4.69) is 17.3 Å². The van der Waals surface area contributed by atoms with Gasteiger partial charge in [0.2, 0.25) is 0 Å². The predicted octanol–water partition coefficient (Wildman–Crippen LogP) is 1.43. The summed E-state index contributed by atoms with van der Waals surface area (Å²) in [6.07, 6.45) is 2.67. The Morgan fingerprint density at radius 2 is 2.40 bits per heavy atom. The van der Waals surface area contributed by atoms with Crippen LogP contribution in [0.15, 0.2) is 17.1 Å². The highest BCUT2D eigenvalue weighted by atomic mass is 32.2. The van der Waals surface area contributed by atoms with E-state index in [1.807, 2.05) is 11.8 Å². The van der Waals surface area contributed by atoms with Gasteiger partial charge in [-0.05, 0) is 17.9 Å². The SMILES string of the molecule is CCSCCCn1ncc(NC)cc1=O. The van der Waals surface area contributed by atoms with Crippen molar-refractivity contribution in [2.24, 2.45) is 0 Å². The lowest BCUT2D eigenvalue weighted by Gasteiger charge is -2.04. The maximum atomic E-state index is 11.5. The lowest BCUT2D eigenvalue weighted by Crippen LogP contribution is -2.22. The third kappa shape index (κ3) is 3.95. The van der Waals surface area contributed by atoms with E-state index in [9.17, 15) is 4.79 Å². The van der Waals surface area contributed by atoms with Crippen molar-refractivity contribution in [3.05, 3.63) is 22.6 Å². The summed E-state index contributed by atoms with van der Waals surface area (Å²) in [7, 11) is 1.78. The van der Waals surface area contributed by atoms with Crippen molar-refractivity contribution in [2.75, 3.05) is 23.9 Å². The Kier molecular flexibility index (Phi) is 5.25. The van der Waals surface area contributed by atoms with Crippen molar-refractivity contribution in [1.82, 2.24) is 9.78 Å². The largest absolute Gasteiger partial charge is 0.387 e. The number of aryl methyl sites for hydroxylation is 1. The van der Waals surface area contributed by atoms with Gasteiger partial charge in [0.1, 0.15) is 0 Å². The van der Waals surface area contributed by atoms with E-state index in [0.717, 1.165) is 23.6 Å². The van der Waals surface area contributed by atoms with Gasteiger partial charge in [0.15, 0.2) is 0 Å². The van der Waals surface area contributed by atoms with E-state index in [4.69, 9.17) is 0 Å². The van der Waals surface area contributed by atoms with Crippen molar-refractivity contribution in [2.45, 2.75) is 19.9 Å². The van der Waals surface area contributed by atoms with Gasteiger partial charge in [-0.3, -0.25) is 4.79 Å². The van der Waals surface area contributed by atoms with E-state index in [1.165, 1.54) is 4.68 Å². The molecule has 0 bridgehead atoms. The topological polar surface area (TPSA) is 46.9 Å². The Morgan fingerprint density at radius 1 is 1.60 bits per heavy atom. The highest BCUT2D eigenvalue weighted by Gasteiger charge is 1.98. The van der Waals surface area contributed by atoms with Gasteiger partial charge in [-0.1, -0.05) is 6.92 Å². The van der Waals surface area contributed by atoms with Crippen molar-refractivity contribution in [1.29, 1.82) is 0 Å². The molecule has 1 aromatic rings. The first-order valence-corrected chi connectivity index (χ1v) is 6.26. The molecule has 1 N–H and O–H groups in total. The smallest absolute Gasteiger partial charge is 0.268 e. The van der Waals surface area contributed by atoms with Gasteiger partial charge >= 0.3 is 0 Å². The summed E-state index contributed by atoms with van der Waals surface area (Å²) in [6.45, 7) is 2.84. The molecule has 0 saturated heterocycles. The molecule has 5 heteroatoms. The number of rotatable bonds is 6. The molecule has 0 aromatic carbocycles. The van der Waals surface area contributed by atoms with E-state index in [0.29, 0.717) is 6.54 Å². The summed E-state index contributed by atoms with van der Waals surface area (Å²) in [5.41, 5.74) is 0.725. The van der Waals surface area contributed by atoms with Crippen molar-refractivity contribution >= 4 is 17.4 Å². The second kappa shape index (κ2) is 6.50. The summed E-state index contributed by atoms with van der Waals surface area (Å²) < 4.78 is 1.51. The second-order valence-corrected chi connectivity index (χ2v) is 4.50. The zero-order valence-electron chi connectivity index (χ0n) is 9.19. The minimum absolute atomic E-state index is 0.0386. The average molecular weight is 227 g/mol. The van der Waals surface area contributed by atoms with Crippen LogP contribution in [-0.2, 0) is 6.54 Å². The van der Waals surface area contributed by atoms with Gasteiger partial charge in [0, 0.05) is 19.7 Å². The first kappa shape index (κ1) is 12.1. The zero-order chi connectivity index (χ0) is 11.1. The van der Waals surface area contributed by atoms with Crippen LogP contribution < -0.4 is 10.9 Å². The molecule has 1 heterocycles. The van der Waals surface area contributed by atoms with E-state index < -0.39 is 0 Å². The molecule has 0 aliphatic rings. The molecule has 4 nitrogen and oxygen atoms in total. The summed E-state index contributed by atoms with van der Waals surface area (Å²) in [5, 5.41) is 6.97. The van der Waals surface area contributed by atoms with E-state index in [-0.39, 0.29) is 5.56 Å². The fourth-order valence-electron chi connectivity index (χ4n) is 1.20. The average Bonchev–Trinajstić information content (AvgIpc) is 2.26. The molecule has 0 spiro atoms. The number of aromatic nitrogens is 2. The Morgan fingerprint density at radius 3 is 3.00 bits per heavy atom. The lowest BCUT2D eigenvalue weighted by molar-refractivity contribution is 0.571. The third-order valence-corrected chi connectivity index (χ3v) is 3.01. The molecular weight excluding hydrogens is 210 g/mol. The second-order valence-electron chi connectivity index (χ2n) is 3.11. The monoisotopic (exact) mass is 227 g/mol. The molecule has 0 saturated carbocycles. The van der Waals surface area contributed by atoms with Crippen molar-refractivity contribution in [3.63, 3.8) is 0 Å². The van der Waals surface area contributed by atoms with Crippen LogP contribution in [0.25, 0.3) is 0 Å². The van der Waals surface area contributed by atoms with Crippen molar-refractivity contribution < 1.29 is 0 Å². The lowest BCUT2D eigenvalue weighted by atomic mass is 10.4. The van der Waals surface area contributed by atoms with Crippen LogP contribution >= 0.6 is 11.8 Å². The summed E-state index contributed by atoms with van der Waals surface area (Å²) in [5.74, 6) is 2.21.